The van der Waals surface area contributed by atoms with Gasteiger partial charge in [-0.15, -0.1) is 11.3 Å². The fraction of sp³-hybridized carbons (Fsp3) is 0.400. The molecule has 74 valence electrons. The first-order valence-electron chi connectivity index (χ1n) is 4.23. The number of carbonyl (C=O) groups excluding carboxylic acids is 1. The maximum absolute atomic E-state index is 11.6. The van der Waals surface area contributed by atoms with E-state index in [1.807, 2.05) is 23.8 Å². The lowest BCUT2D eigenvalue weighted by molar-refractivity contribution is -0.121. The van der Waals surface area contributed by atoms with Crippen molar-refractivity contribution in [2.24, 2.45) is 5.41 Å². The van der Waals surface area contributed by atoms with Gasteiger partial charge < -0.3 is 5.32 Å². The van der Waals surface area contributed by atoms with Gasteiger partial charge in [-0.1, -0.05) is 0 Å². The van der Waals surface area contributed by atoms with Gasteiger partial charge in [0.1, 0.15) is 5.41 Å². The third kappa shape index (κ3) is 2.12. The predicted octanol–water partition coefficient (Wildman–Crippen LogP) is 2.54. The van der Waals surface area contributed by atoms with E-state index in [-0.39, 0.29) is 5.91 Å². The number of hydrogen-bond donors (Lipinski definition) is 1. The number of hydrogen-bond acceptors (Lipinski definition) is 3. The Bertz CT molecular complexity index is 387. The van der Waals surface area contributed by atoms with Gasteiger partial charge in [-0.2, -0.15) is 5.26 Å². The van der Waals surface area contributed by atoms with Gasteiger partial charge in [0.05, 0.1) is 11.8 Å². The molecule has 0 aliphatic heterocycles. The van der Waals surface area contributed by atoms with E-state index in [2.05, 4.69) is 5.32 Å². The molecule has 0 atom stereocenters. The van der Waals surface area contributed by atoms with Crippen molar-refractivity contribution >= 4 is 22.9 Å². The maximum atomic E-state index is 11.6. The van der Waals surface area contributed by atoms with Gasteiger partial charge in [0, 0.05) is 5.38 Å². The van der Waals surface area contributed by atoms with Gasteiger partial charge in [0.25, 0.3) is 0 Å². The Labute approximate surface area is 87.4 Å². The van der Waals surface area contributed by atoms with Crippen LogP contribution >= 0.6 is 11.3 Å². The SMILES string of the molecule is Cc1cscc1NC(=O)C(C)(C)C#N. The number of thiophene rings is 1. The first-order chi connectivity index (χ1) is 6.47. The second-order valence-corrected chi connectivity index (χ2v) is 4.40. The summed E-state index contributed by atoms with van der Waals surface area (Å²) in [5, 5.41) is 15.3. The molecule has 0 saturated carbocycles. The first-order valence-corrected chi connectivity index (χ1v) is 5.17. The Hall–Kier alpha value is -1.34. The highest BCUT2D eigenvalue weighted by Gasteiger charge is 2.27. The van der Waals surface area contributed by atoms with E-state index in [4.69, 9.17) is 5.26 Å². The van der Waals surface area contributed by atoms with Crippen LogP contribution in [0.25, 0.3) is 0 Å². The quantitative estimate of drug-likeness (QED) is 0.812. The summed E-state index contributed by atoms with van der Waals surface area (Å²) in [4.78, 5) is 11.6. The smallest absolute Gasteiger partial charge is 0.244 e. The third-order valence-corrected chi connectivity index (χ3v) is 2.81. The highest BCUT2D eigenvalue weighted by atomic mass is 32.1. The van der Waals surface area contributed by atoms with Crippen LogP contribution < -0.4 is 5.32 Å². The van der Waals surface area contributed by atoms with Gasteiger partial charge in [-0.3, -0.25) is 4.79 Å². The molecule has 0 unspecified atom stereocenters. The highest BCUT2D eigenvalue weighted by molar-refractivity contribution is 7.08. The second-order valence-electron chi connectivity index (χ2n) is 3.66. The van der Waals surface area contributed by atoms with E-state index in [1.54, 1.807) is 13.8 Å². The molecule has 0 aromatic carbocycles. The highest BCUT2D eigenvalue weighted by Crippen LogP contribution is 2.22. The minimum atomic E-state index is -0.978. The van der Waals surface area contributed by atoms with E-state index in [0.29, 0.717) is 0 Å². The van der Waals surface area contributed by atoms with Crippen molar-refractivity contribution in [1.82, 2.24) is 0 Å². The molecule has 1 rings (SSSR count). The van der Waals surface area contributed by atoms with E-state index in [0.717, 1.165) is 11.3 Å². The molecule has 1 aromatic heterocycles. The predicted molar refractivity (Wildman–Crippen MR) is 57.1 cm³/mol. The van der Waals surface area contributed by atoms with Crippen LogP contribution in [-0.2, 0) is 4.79 Å². The van der Waals surface area contributed by atoms with E-state index in [9.17, 15) is 4.79 Å². The van der Waals surface area contributed by atoms with Crippen LogP contribution in [0, 0.1) is 23.7 Å². The lowest BCUT2D eigenvalue weighted by Gasteiger charge is -2.14. The Balaban J connectivity index is 2.78. The molecule has 1 amide bonds. The van der Waals surface area contributed by atoms with Crippen molar-refractivity contribution in [1.29, 1.82) is 5.26 Å². The van der Waals surface area contributed by atoms with Crippen LogP contribution in [0.1, 0.15) is 19.4 Å². The van der Waals surface area contributed by atoms with Crippen molar-refractivity contribution in [3.05, 3.63) is 16.3 Å². The summed E-state index contributed by atoms with van der Waals surface area (Å²) in [5.41, 5.74) is 0.842. The molecule has 4 heteroatoms. The number of rotatable bonds is 2. The summed E-state index contributed by atoms with van der Waals surface area (Å²) in [6.07, 6.45) is 0. The van der Waals surface area contributed by atoms with Crippen LogP contribution in [-0.4, -0.2) is 5.91 Å². The number of anilines is 1. The first kappa shape index (κ1) is 10.7. The molecule has 1 heterocycles. The minimum Gasteiger partial charge on any atom is -0.324 e. The molecule has 0 fully saturated rings. The maximum Gasteiger partial charge on any atom is 0.244 e. The van der Waals surface area contributed by atoms with Crippen LogP contribution in [0.15, 0.2) is 10.8 Å². The Kier molecular flexibility index (Phi) is 2.92. The molecule has 0 spiro atoms. The Morgan fingerprint density at radius 1 is 1.57 bits per heavy atom. The number of nitriles is 1. The zero-order valence-corrected chi connectivity index (χ0v) is 9.23. The van der Waals surface area contributed by atoms with E-state index in [1.165, 1.54) is 11.3 Å². The van der Waals surface area contributed by atoms with Gasteiger partial charge in [0.15, 0.2) is 0 Å². The topological polar surface area (TPSA) is 52.9 Å². The van der Waals surface area contributed by atoms with Crippen LogP contribution in [0.2, 0.25) is 0 Å². The number of aryl methyl sites for hydroxylation is 1. The van der Waals surface area contributed by atoms with Crippen molar-refractivity contribution in [3.63, 3.8) is 0 Å². The molecule has 0 aliphatic rings. The summed E-state index contributed by atoms with van der Waals surface area (Å²) >= 11 is 1.53. The second kappa shape index (κ2) is 3.81. The van der Waals surface area contributed by atoms with Crippen LogP contribution in [0.5, 0.6) is 0 Å². The Morgan fingerprint density at radius 2 is 2.21 bits per heavy atom. The van der Waals surface area contributed by atoms with Crippen molar-refractivity contribution in [2.75, 3.05) is 5.32 Å². The van der Waals surface area contributed by atoms with Gasteiger partial charge in [-0.05, 0) is 31.7 Å². The number of amides is 1. The van der Waals surface area contributed by atoms with Crippen molar-refractivity contribution < 1.29 is 4.79 Å². The molecule has 0 bridgehead atoms. The molecule has 1 aromatic rings. The Morgan fingerprint density at radius 3 is 2.64 bits per heavy atom. The van der Waals surface area contributed by atoms with E-state index < -0.39 is 5.41 Å². The molecule has 3 nitrogen and oxygen atoms in total. The zero-order valence-electron chi connectivity index (χ0n) is 8.42. The normalized spacial score (nSPS) is 10.7. The number of carbonyl (C=O) groups is 1. The van der Waals surface area contributed by atoms with Crippen molar-refractivity contribution in [3.8, 4) is 6.07 Å². The molecule has 0 radical (unpaired) electrons. The summed E-state index contributed by atoms with van der Waals surface area (Å²) in [5.74, 6) is -0.262. The molecule has 14 heavy (non-hydrogen) atoms. The summed E-state index contributed by atoms with van der Waals surface area (Å²) in [7, 11) is 0. The largest absolute Gasteiger partial charge is 0.324 e. The van der Waals surface area contributed by atoms with Gasteiger partial charge >= 0.3 is 0 Å². The summed E-state index contributed by atoms with van der Waals surface area (Å²) in [6.45, 7) is 5.12. The molecular weight excluding hydrogens is 196 g/mol. The average Bonchev–Trinajstić information content (AvgIpc) is 2.52. The lowest BCUT2D eigenvalue weighted by atomic mass is 9.94. The minimum absolute atomic E-state index is 0.262. The van der Waals surface area contributed by atoms with Gasteiger partial charge in [0.2, 0.25) is 5.91 Å². The fourth-order valence-corrected chi connectivity index (χ4v) is 1.60. The third-order valence-electron chi connectivity index (χ3n) is 1.95. The van der Waals surface area contributed by atoms with Gasteiger partial charge in [-0.25, -0.2) is 0 Å². The van der Waals surface area contributed by atoms with Crippen LogP contribution in [0.3, 0.4) is 0 Å². The average molecular weight is 208 g/mol. The lowest BCUT2D eigenvalue weighted by Crippen LogP contribution is -2.29. The summed E-state index contributed by atoms with van der Waals surface area (Å²) < 4.78 is 0. The number of nitrogens with zero attached hydrogens (tertiary/aromatic N) is 1. The fourth-order valence-electron chi connectivity index (χ4n) is 0.818. The van der Waals surface area contributed by atoms with Crippen LogP contribution in [0.4, 0.5) is 5.69 Å². The number of nitrogens with one attached hydrogen (secondary N) is 1. The van der Waals surface area contributed by atoms with Crippen molar-refractivity contribution in [2.45, 2.75) is 20.8 Å². The summed E-state index contributed by atoms with van der Waals surface area (Å²) in [6, 6.07) is 1.96. The molecule has 1 N–H and O–H groups in total. The molecule has 0 aliphatic carbocycles. The molecule has 0 saturated heterocycles. The monoisotopic (exact) mass is 208 g/mol. The standard InChI is InChI=1S/C10H12N2OS/c1-7-4-14-5-8(7)12-9(13)10(2,3)6-11/h4-5H,1-3H3,(H,12,13). The van der Waals surface area contributed by atoms with E-state index >= 15 is 0 Å². The zero-order chi connectivity index (χ0) is 10.8. The molecular formula is C10H12N2OS.